The van der Waals surface area contributed by atoms with Crippen LogP contribution in [-0.4, -0.2) is 45.3 Å². The molecule has 8 nitrogen and oxygen atoms in total. The van der Waals surface area contributed by atoms with Crippen molar-refractivity contribution in [1.82, 2.24) is 0 Å². The standard InChI is InChI=1S/C32H44O8/c1-36-25-18-17-23(21-26(25)37-2)29-28(35)27(34)24-20-22(30(38-3)32(39-4)31(24)40-29)16-14-12-10-8-6-5-7-9-11-13-15-19-33/h17-18,20-21,33,35H,5-16,19H2,1-4H3. The summed E-state index contributed by atoms with van der Waals surface area (Å²) in [5, 5.41) is 19.9. The Bertz CT molecular complexity index is 1280. The summed E-state index contributed by atoms with van der Waals surface area (Å²) in [4.78, 5) is 13.3. The first-order chi connectivity index (χ1) is 19.5. The fourth-order valence-electron chi connectivity index (χ4n) is 5.11. The van der Waals surface area contributed by atoms with Crippen LogP contribution < -0.4 is 24.4 Å². The number of aromatic hydroxyl groups is 1. The molecule has 2 N–H and O–H groups in total. The maximum Gasteiger partial charge on any atom is 0.235 e. The third-order valence-corrected chi connectivity index (χ3v) is 7.30. The third-order valence-electron chi connectivity index (χ3n) is 7.30. The molecule has 0 bridgehead atoms. The molecule has 1 aromatic heterocycles. The molecule has 0 aliphatic heterocycles. The van der Waals surface area contributed by atoms with E-state index in [4.69, 9.17) is 28.5 Å². The third kappa shape index (κ3) is 7.62. The second-order valence-electron chi connectivity index (χ2n) is 10.0. The molecule has 0 fully saturated rings. The van der Waals surface area contributed by atoms with Crippen LogP contribution in [0.2, 0.25) is 0 Å². The first-order valence-corrected chi connectivity index (χ1v) is 14.3. The highest BCUT2D eigenvalue weighted by Crippen LogP contribution is 2.43. The lowest BCUT2D eigenvalue weighted by molar-refractivity contribution is 0.282. The summed E-state index contributed by atoms with van der Waals surface area (Å²) in [6.07, 6.45) is 13.4. The monoisotopic (exact) mass is 556 g/mol. The van der Waals surface area contributed by atoms with E-state index in [-0.39, 0.29) is 16.7 Å². The molecule has 0 saturated carbocycles. The van der Waals surface area contributed by atoms with Gasteiger partial charge in [0, 0.05) is 12.2 Å². The van der Waals surface area contributed by atoms with Gasteiger partial charge < -0.3 is 33.6 Å². The number of aliphatic hydroxyl groups excluding tert-OH is 1. The Morgan fingerprint density at radius 2 is 1.27 bits per heavy atom. The topological polar surface area (TPSA) is 108 Å². The van der Waals surface area contributed by atoms with Gasteiger partial charge in [-0.1, -0.05) is 57.8 Å². The molecule has 0 spiro atoms. The second kappa shape index (κ2) is 16.0. The van der Waals surface area contributed by atoms with Gasteiger partial charge in [-0.3, -0.25) is 4.79 Å². The Hall–Kier alpha value is -3.39. The first-order valence-electron chi connectivity index (χ1n) is 14.3. The molecule has 1 heterocycles. The molecule has 40 heavy (non-hydrogen) atoms. The summed E-state index contributed by atoms with van der Waals surface area (Å²) in [6.45, 7) is 0.301. The Labute approximate surface area is 236 Å². The van der Waals surface area contributed by atoms with Crippen LogP contribution in [-0.2, 0) is 6.42 Å². The number of methoxy groups -OCH3 is 4. The van der Waals surface area contributed by atoms with Gasteiger partial charge in [0.1, 0.15) is 0 Å². The van der Waals surface area contributed by atoms with E-state index in [1.807, 2.05) is 0 Å². The Kier molecular flexibility index (Phi) is 12.5. The number of aliphatic hydroxyl groups is 1. The molecule has 0 aliphatic carbocycles. The molecule has 0 amide bonds. The minimum absolute atomic E-state index is 0.0108. The number of hydrogen-bond donors (Lipinski definition) is 2. The minimum Gasteiger partial charge on any atom is -0.502 e. The van der Waals surface area contributed by atoms with E-state index < -0.39 is 11.2 Å². The zero-order valence-electron chi connectivity index (χ0n) is 24.3. The Balaban J connectivity index is 1.73. The molecule has 0 saturated heterocycles. The lowest BCUT2D eigenvalue weighted by Crippen LogP contribution is -2.06. The van der Waals surface area contributed by atoms with Crippen molar-refractivity contribution < 1.29 is 33.6 Å². The molecule has 8 heteroatoms. The quantitative estimate of drug-likeness (QED) is 0.161. The van der Waals surface area contributed by atoms with E-state index in [1.165, 1.54) is 59.9 Å². The van der Waals surface area contributed by atoms with E-state index in [2.05, 4.69) is 0 Å². The summed E-state index contributed by atoms with van der Waals surface area (Å²) >= 11 is 0. The fraction of sp³-hybridized carbons (Fsp3) is 0.531. The number of fused-ring (bicyclic) bond motifs is 1. The average molecular weight is 557 g/mol. The molecule has 0 atom stereocenters. The van der Waals surface area contributed by atoms with E-state index in [9.17, 15) is 9.90 Å². The number of aryl methyl sites for hydroxylation is 1. The van der Waals surface area contributed by atoms with Crippen LogP contribution in [0.4, 0.5) is 0 Å². The average Bonchev–Trinajstić information content (AvgIpc) is 2.98. The van der Waals surface area contributed by atoms with Gasteiger partial charge in [-0.15, -0.1) is 0 Å². The SMILES string of the molecule is COc1ccc(-c2oc3c(OC)c(OC)c(CCCCCCCCCCCCCO)cc3c(=O)c2O)cc1OC. The molecule has 0 radical (unpaired) electrons. The lowest BCUT2D eigenvalue weighted by Gasteiger charge is -2.16. The van der Waals surface area contributed by atoms with Gasteiger partial charge in [0.25, 0.3) is 0 Å². The predicted molar refractivity (Wildman–Crippen MR) is 157 cm³/mol. The van der Waals surface area contributed by atoms with Crippen molar-refractivity contribution >= 4 is 11.0 Å². The smallest absolute Gasteiger partial charge is 0.235 e. The summed E-state index contributed by atoms with van der Waals surface area (Å²) in [5.41, 5.74) is 0.984. The van der Waals surface area contributed by atoms with Crippen molar-refractivity contribution in [3.63, 3.8) is 0 Å². The van der Waals surface area contributed by atoms with Gasteiger partial charge in [-0.05, 0) is 49.1 Å². The normalized spacial score (nSPS) is 11.1. The summed E-state index contributed by atoms with van der Waals surface area (Å²) < 4.78 is 28.2. The summed E-state index contributed by atoms with van der Waals surface area (Å²) in [5.74, 6) is 1.35. The molecule has 0 aliphatic rings. The van der Waals surface area contributed by atoms with Gasteiger partial charge in [-0.25, -0.2) is 0 Å². The second-order valence-corrected chi connectivity index (χ2v) is 10.0. The number of benzene rings is 2. The number of ether oxygens (including phenoxy) is 4. The van der Waals surface area contributed by atoms with Crippen molar-refractivity contribution in [2.45, 2.75) is 77.0 Å². The maximum atomic E-state index is 13.3. The molecule has 2 aromatic carbocycles. The van der Waals surface area contributed by atoms with Crippen LogP contribution in [0.15, 0.2) is 33.5 Å². The highest BCUT2D eigenvalue weighted by molar-refractivity contribution is 5.90. The maximum absolute atomic E-state index is 13.3. The highest BCUT2D eigenvalue weighted by Gasteiger charge is 2.24. The molecule has 220 valence electrons. The molecular formula is C32H44O8. The van der Waals surface area contributed by atoms with Crippen LogP contribution in [0.3, 0.4) is 0 Å². The van der Waals surface area contributed by atoms with Crippen molar-refractivity contribution in [2.75, 3.05) is 35.0 Å². The van der Waals surface area contributed by atoms with Gasteiger partial charge in [0.2, 0.25) is 16.9 Å². The molecular weight excluding hydrogens is 512 g/mol. The largest absolute Gasteiger partial charge is 0.502 e. The van der Waals surface area contributed by atoms with Gasteiger partial charge >= 0.3 is 0 Å². The van der Waals surface area contributed by atoms with E-state index in [1.54, 1.807) is 31.4 Å². The van der Waals surface area contributed by atoms with Crippen molar-refractivity contribution in [1.29, 1.82) is 0 Å². The number of hydrogen-bond acceptors (Lipinski definition) is 8. The van der Waals surface area contributed by atoms with Crippen molar-refractivity contribution in [3.8, 4) is 40.1 Å². The summed E-state index contributed by atoms with van der Waals surface area (Å²) in [7, 11) is 6.13. The van der Waals surface area contributed by atoms with E-state index >= 15 is 0 Å². The van der Waals surface area contributed by atoms with E-state index in [0.29, 0.717) is 35.2 Å². The number of rotatable bonds is 18. The van der Waals surface area contributed by atoms with Crippen LogP contribution >= 0.6 is 0 Å². The Morgan fingerprint density at radius 3 is 1.82 bits per heavy atom. The van der Waals surface area contributed by atoms with Crippen molar-refractivity contribution in [3.05, 3.63) is 40.1 Å². The molecule has 3 aromatic rings. The number of unbranched alkanes of at least 4 members (excludes halogenated alkanes) is 10. The first kappa shape index (κ1) is 31.1. The zero-order chi connectivity index (χ0) is 28.9. The molecule has 0 unspecified atom stereocenters. The minimum atomic E-state index is -0.537. The summed E-state index contributed by atoms with van der Waals surface area (Å²) in [6, 6.07) is 6.75. The Morgan fingerprint density at radius 1 is 0.700 bits per heavy atom. The van der Waals surface area contributed by atoms with Gasteiger partial charge in [-0.2, -0.15) is 0 Å². The van der Waals surface area contributed by atoms with Crippen molar-refractivity contribution in [2.24, 2.45) is 0 Å². The van der Waals surface area contributed by atoms with Gasteiger partial charge in [0.05, 0.1) is 33.8 Å². The molecule has 3 rings (SSSR count). The zero-order valence-corrected chi connectivity index (χ0v) is 24.3. The van der Waals surface area contributed by atoms with Crippen LogP contribution in [0, 0.1) is 0 Å². The highest BCUT2D eigenvalue weighted by atomic mass is 16.5. The van der Waals surface area contributed by atoms with Crippen LogP contribution in [0.5, 0.6) is 28.7 Å². The van der Waals surface area contributed by atoms with E-state index in [0.717, 1.165) is 44.1 Å². The predicted octanol–water partition coefficient (Wildman–Crippen LogP) is 7.03. The van der Waals surface area contributed by atoms with Crippen LogP contribution in [0.1, 0.15) is 76.2 Å². The fourth-order valence-corrected chi connectivity index (χ4v) is 5.11. The van der Waals surface area contributed by atoms with Gasteiger partial charge in [0.15, 0.2) is 28.6 Å². The van der Waals surface area contributed by atoms with Crippen LogP contribution in [0.25, 0.3) is 22.3 Å². The lowest BCUT2D eigenvalue weighted by atomic mass is 10.0.